The van der Waals surface area contributed by atoms with Crippen molar-refractivity contribution >= 4 is 5.97 Å². The molecule has 0 aliphatic carbocycles. The summed E-state index contributed by atoms with van der Waals surface area (Å²) in [6.07, 6.45) is 1.20. The summed E-state index contributed by atoms with van der Waals surface area (Å²) in [7, 11) is 1.45. The number of hydrogen-bond acceptors (Lipinski definition) is 5. The highest BCUT2D eigenvalue weighted by Gasteiger charge is 2.29. The Hall–Kier alpha value is -0.650. The number of likely N-dealkylation sites (tertiary alicyclic amines) is 1. The number of carbonyl (C=O) groups is 1. The zero-order chi connectivity index (χ0) is 14.3. The SMILES string of the molecule is CCNC(CN1CCC(N(CC)CC)C1)C(=O)OC. The molecule has 0 saturated carbocycles. The van der Waals surface area contributed by atoms with Crippen LogP contribution in [0.25, 0.3) is 0 Å². The number of esters is 1. The molecule has 1 aliphatic heterocycles. The van der Waals surface area contributed by atoms with Gasteiger partial charge in [-0.3, -0.25) is 14.6 Å². The van der Waals surface area contributed by atoms with Gasteiger partial charge in [-0.1, -0.05) is 20.8 Å². The summed E-state index contributed by atoms with van der Waals surface area (Å²) >= 11 is 0. The Balaban J connectivity index is 2.47. The van der Waals surface area contributed by atoms with Crippen molar-refractivity contribution in [2.24, 2.45) is 0 Å². The fraction of sp³-hybridized carbons (Fsp3) is 0.929. The van der Waals surface area contributed by atoms with E-state index in [9.17, 15) is 4.79 Å². The third-order valence-corrected chi connectivity index (χ3v) is 3.95. The molecule has 0 aromatic rings. The van der Waals surface area contributed by atoms with Crippen LogP contribution in [0.3, 0.4) is 0 Å². The number of carbonyl (C=O) groups excluding carboxylic acids is 1. The Morgan fingerprint density at radius 2 is 2.11 bits per heavy atom. The molecule has 5 heteroatoms. The second kappa shape index (κ2) is 8.51. The topological polar surface area (TPSA) is 44.8 Å². The summed E-state index contributed by atoms with van der Waals surface area (Å²) in [6, 6.07) is 0.431. The minimum atomic E-state index is -0.203. The van der Waals surface area contributed by atoms with Gasteiger partial charge >= 0.3 is 5.97 Å². The molecule has 0 bridgehead atoms. The van der Waals surface area contributed by atoms with E-state index < -0.39 is 0 Å². The van der Waals surface area contributed by atoms with E-state index >= 15 is 0 Å². The van der Waals surface area contributed by atoms with Gasteiger partial charge in [0.15, 0.2) is 0 Å². The number of nitrogens with zero attached hydrogens (tertiary/aromatic N) is 2. The van der Waals surface area contributed by atoms with Crippen molar-refractivity contribution < 1.29 is 9.53 Å². The van der Waals surface area contributed by atoms with Gasteiger partial charge in [0.05, 0.1) is 7.11 Å². The van der Waals surface area contributed by atoms with Crippen molar-refractivity contribution in [2.75, 3.05) is 46.4 Å². The van der Waals surface area contributed by atoms with Crippen LogP contribution in [-0.4, -0.2) is 74.2 Å². The molecular weight excluding hydrogens is 242 g/mol. The summed E-state index contributed by atoms with van der Waals surface area (Å²) in [5.41, 5.74) is 0. The van der Waals surface area contributed by atoms with Crippen molar-refractivity contribution in [1.82, 2.24) is 15.1 Å². The molecule has 1 fully saturated rings. The van der Waals surface area contributed by atoms with E-state index in [0.717, 1.165) is 39.3 Å². The normalized spacial score (nSPS) is 21.8. The Morgan fingerprint density at radius 1 is 1.42 bits per heavy atom. The lowest BCUT2D eigenvalue weighted by atomic mass is 10.2. The van der Waals surface area contributed by atoms with Crippen molar-refractivity contribution in [1.29, 1.82) is 0 Å². The predicted octanol–water partition coefficient (Wildman–Crippen LogP) is 0.554. The van der Waals surface area contributed by atoms with E-state index in [2.05, 4.69) is 29.0 Å². The smallest absolute Gasteiger partial charge is 0.324 e. The summed E-state index contributed by atoms with van der Waals surface area (Å²) in [5, 5.41) is 3.20. The minimum Gasteiger partial charge on any atom is -0.468 e. The monoisotopic (exact) mass is 271 g/mol. The maximum atomic E-state index is 11.7. The molecule has 0 spiro atoms. The van der Waals surface area contributed by atoms with Crippen molar-refractivity contribution in [3.8, 4) is 0 Å². The number of methoxy groups -OCH3 is 1. The lowest BCUT2D eigenvalue weighted by Crippen LogP contribution is -2.47. The first-order chi connectivity index (χ1) is 9.15. The summed E-state index contributed by atoms with van der Waals surface area (Å²) in [4.78, 5) is 16.6. The first-order valence-corrected chi connectivity index (χ1v) is 7.43. The van der Waals surface area contributed by atoms with Crippen LogP contribution in [0.2, 0.25) is 0 Å². The zero-order valence-corrected chi connectivity index (χ0v) is 12.8. The molecule has 112 valence electrons. The number of likely N-dealkylation sites (N-methyl/N-ethyl adjacent to an activating group) is 2. The molecule has 0 aromatic heterocycles. The third-order valence-electron chi connectivity index (χ3n) is 3.95. The molecule has 0 aromatic carbocycles. The summed E-state index contributed by atoms with van der Waals surface area (Å²) < 4.78 is 4.85. The Morgan fingerprint density at radius 3 is 2.63 bits per heavy atom. The Kier molecular flexibility index (Phi) is 7.34. The highest BCUT2D eigenvalue weighted by atomic mass is 16.5. The quantitative estimate of drug-likeness (QED) is 0.653. The summed E-state index contributed by atoms with van der Waals surface area (Å²) in [5.74, 6) is -0.159. The average Bonchev–Trinajstić information content (AvgIpc) is 2.87. The molecule has 0 radical (unpaired) electrons. The van der Waals surface area contributed by atoms with Crippen molar-refractivity contribution in [3.05, 3.63) is 0 Å². The van der Waals surface area contributed by atoms with Crippen LogP contribution in [-0.2, 0) is 9.53 Å². The van der Waals surface area contributed by atoms with Gasteiger partial charge in [-0.05, 0) is 32.6 Å². The van der Waals surface area contributed by atoms with E-state index in [0.29, 0.717) is 6.04 Å². The van der Waals surface area contributed by atoms with Gasteiger partial charge in [-0.2, -0.15) is 0 Å². The van der Waals surface area contributed by atoms with Gasteiger partial charge in [0, 0.05) is 19.1 Å². The van der Waals surface area contributed by atoms with Gasteiger partial charge in [0.25, 0.3) is 0 Å². The molecule has 1 saturated heterocycles. The molecular formula is C14H29N3O2. The van der Waals surface area contributed by atoms with Crippen molar-refractivity contribution in [2.45, 2.75) is 39.3 Å². The molecule has 1 aliphatic rings. The fourth-order valence-electron chi connectivity index (χ4n) is 2.89. The molecule has 1 N–H and O–H groups in total. The summed E-state index contributed by atoms with van der Waals surface area (Å²) in [6.45, 7) is 12.3. The molecule has 1 rings (SSSR count). The second-order valence-electron chi connectivity index (χ2n) is 5.06. The van der Waals surface area contributed by atoms with Gasteiger partial charge in [-0.15, -0.1) is 0 Å². The maximum absolute atomic E-state index is 11.7. The van der Waals surface area contributed by atoms with Gasteiger partial charge < -0.3 is 10.1 Å². The zero-order valence-electron chi connectivity index (χ0n) is 12.8. The molecule has 2 atom stereocenters. The highest BCUT2D eigenvalue weighted by molar-refractivity contribution is 5.75. The van der Waals surface area contributed by atoms with E-state index in [1.54, 1.807) is 0 Å². The fourth-order valence-corrected chi connectivity index (χ4v) is 2.89. The molecule has 1 heterocycles. The minimum absolute atomic E-state index is 0.159. The van der Waals surface area contributed by atoms with Crippen LogP contribution in [0.4, 0.5) is 0 Å². The second-order valence-corrected chi connectivity index (χ2v) is 5.06. The highest BCUT2D eigenvalue weighted by Crippen LogP contribution is 2.15. The number of hydrogen-bond donors (Lipinski definition) is 1. The molecule has 19 heavy (non-hydrogen) atoms. The van der Waals surface area contributed by atoms with E-state index in [1.807, 2.05) is 6.92 Å². The van der Waals surface area contributed by atoms with Gasteiger partial charge in [0.1, 0.15) is 6.04 Å². The van der Waals surface area contributed by atoms with Crippen molar-refractivity contribution in [3.63, 3.8) is 0 Å². The van der Waals surface area contributed by atoms with Crippen LogP contribution in [0.1, 0.15) is 27.2 Å². The van der Waals surface area contributed by atoms with Crippen LogP contribution >= 0.6 is 0 Å². The lowest BCUT2D eigenvalue weighted by molar-refractivity contribution is -0.143. The van der Waals surface area contributed by atoms with Crippen LogP contribution in [0.15, 0.2) is 0 Å². The van der Waals surface area contributed by atoms with Gasteiger partial charge in [-0.25, -0.2) is 0 Å². The van der Waals surface area contributed by atoms with E-state index in [1.165, 1.54) is 13.5 Å². The predicted molar refractivity (Wildman–Crippen MR) is 77.2 cm³/mol. The van der Waals surface area contributed by atoms with Gasteiger partial charge in [0.2, 0.25) is 0 Å². The Labute approximate surface area is 117 Å². The standard InChI is InChI=1S/C14H29N3O2/c1-5-15-13(14(18)19-4)11-16-9-8-12(10-16)17(6-2)7-3/h12-13,15H,5-11H2,1-4H3. The molecule has 0 amide bonds. The van der Waals surface area contributed by atoms with E-state index in [4.69, 9.17) is 4.74 Å². The number of nitrogens with one attached hydrogen (secondary N) is 1. The third kappa shape index (κ3) is 4.75. The maximum Gasteiger partial charge on any atom is 0.324 e. The van der Waals surface area contributed by atoms with Crippen LogP contribution in [0.5, 0.6) is 0 Å². The van der Waals surface area contributed by atoms with Crippen LogP contribution < -0.4 is 5.32 Å². The number of rotatable bonds is 8. The van der Waals surface area contributed by atoms with E-state index in [-0.39, 0.29) is 12.0 Å². The first-order valence-electron chi connectivity index (χ1n) is 7.43. The van der Waals surface area contributed by atoms with Crippen LogP contribution in [0, 0.1) is 0 Å². The molecule has 2 unspecified atom stereocenters. The largest absolute Gasteiger partial charge is 0.468 e. The number of ether oxygens (including phenoxy) is 1. The lowest BCUT2D eigenvalue weighted by Gasteiger charge is -2.27. The average molecular weight is 271 g/mol. The Bertz CT molecular complexity index is 269. The first kappa shape index (κ1) is 16.4. The molecule has 5 nitrogen and oxygen atoms in total.